The monoisotopic (exact) mass is 1320 g/mol. The highest BCUT2D eigenvalue weighted by molar-refractivity contribution is 7.47. The number of phosphoric ester groups is 2. The molecule has 0 radical (unpaired) electrons. The second-order valence-electron chi connectivity index (χ2n) is 26.6. The van der Waals surface area contributed by atoms with Crippen LogP contribution in [0.2, 0.25) is 0 Å². The van der Waals surface area contributed by atoms with Crippen LogP contribution >= 0.6 is 15.6 Å². The lowest BCUT2D eigenvalue weighted by atomic mass is 10.0. The molecule has 0 aromatic rings. The Morgan fingerprint density at radius 2 is 0.511 bits per heavy atom. The summed E-state index contributed by atoms with van der Waals surface area (Å²) in [5.74, 6) is -0.751. The Balaban J connectivity index is 5.21. The fraction of sp³-hybridized carbons (Fsp3) is 0.944. The summed E-state index contributed by atoms with van der Waals surface area (Å²) >= 11 is 0. The summed E-state index contributed by atoms with van der Waals surface area (Å²) in [6, 6.07) is 0. The van der Waals surface area contributed by atoms with Gasteiger partial charge in [-0.1, -0.05) is 311 Å². The Morgan fingerprint density at radius 3 is 0.756 bits per heavy atom. The molecule has 0 rings (SSSR count). The molecule has 19 heteroatoms. The first-order valence-electron chi connectivity index (χ1n) is 37.0. The van der Waals surface area contributed by atoms with Gasteiger partial charge >= 0.3 is 39.5 Å². The molecule has 0 spiro atoms. The molecule has 0 heterocycles. The largest absolute Gasteiger partial charge is 0.472 e. The molecule has 17 nitrogen and oxygen atoms in total. The van der Waals surface area contributed by atoms with Crippen LogP contribution in [-0.2, 0) is 65.4 Å². The summed E-state index contributed by atoms with van der Waals surface area (Å²) in [6.07, 6.45) is 48.9. The van der Waals surface area contributed by atoms with Crippen molar-refractivity contribution in [2.75, 3.05) is 39.6 Å². The topological polar surface area (TPSA) is 237 Å². The van der Waals surface area contributed by atoms with E-state index in [0.717, 1.165) is 96.3 Å². The number of hydrogen-bond acceptors (Lipinski definition) is 15. The standard InChI is InChI=1S/C71H138O17P2/c1-7-9-11-13-15-17-19-21-22-23-24-25-27-29-31-35-43-49-55-70(75)87-66(59-81-68(73)53-47-41-34-30-28-26-20-18-16-14-12-10-8-2)61-85-89(77,78)83-57-65(72)58-84-90(79,80)86-62-67(60-82-69(74)54-48-42-38-37-40-46-52-64(5)6)88-71(76)56-50-44-36-32-33-39-45-51-63(3)4/h63-67,72H,7-62H2,1-6H3,(H,77,78)(H,79,80)/t65-,66-,67-/m1/s1. The van der Waals surface area contributed by atoms with Crippen molar-refractivity contribution >= 4 is 39.5 Å². The van der Waals surface area contributed by atoms with Crippen LogP contribution in [0.3, 0.4) is 0 Å². The van der Waals surface area contributed by atoms with Crippen molar-refractivity contribution in [3.63, 3.8) is 0 Å². The van der Waals surface area contributed by atoms with Crippen LogP contribution < -0.4 is 0 Å². The van der Waals surface area contributed by atoms with E-state index in [-0.39, 0.29) is 25.7 Å². The van der Waals surface area contributed by atoms with Gasteiger partial charge in [0.25, 0.3) is 0 Å². The number of phosphoric acid groups is 2. The minimum atomic E-state index is -4.95. The van der Waals surface area contributed by atoms with Crippen LogP contribution in [0.5, 0.6) is 0 Å². The molecule has 2 unspecified atom stereocenters. The van der Waals surface area contributed by atoms with Crippen LogP contribution in [-0.4, -0.2) is 96.7 Å². The van der Waals surface area contributed by atoms with Gasteiger partial charge in [0.05, 0.1) is 26.4 Å². The zero-order chi connectivity index (χ0) is 66.5. The van der Waals surface area contributed by atoms with Crippen molar-refractivity contribution in [2.24, 2.45) is 11.8 Å². The van der Waals surface area contributed by atoms with E-state index in [9.17, 15) is 43.2 Å². The number of carbonyl (C=O) groups excluding carboxylic acids is 4. The molecule has 0 bridgehead atoms. The molecule has 5 atom stereocenters. The van der Waals surface area contributed by atoms with Gasteiger partial charge in [0, 0.05) is 25.7 Å². The van der Waals surface area contributed by atoms with Gasteiger partial charge < -0.3 is 33.8 Å². The highest BCUT2D eigenvalue weighted by Crippen LogP contribution is 2.45. The van der Waals surface area contributed by atoms with Crippen molar-refractivity contribution in [1.82, 2.24) is 0 Å². The van der Waals surface area contributed by atoms with E-state index in [4.69, 9.17) is 37.0 Å². The molecule has 0 amide bonds. The molecule has 0 aromatic carbocycles. The maximum Gasteiger partial charge on any atom is 0.472 e. The van der Waals surface area contributed by atoms with E-state index in [1.54, 1.807) is 0 Å². The first-order chi connectivity index (χ1) is 43.4. The third kappa shape index (κ3) is 64.8. The van der Waals surface area contributed by atoms with Gasteiger partial charge in [-0.15, -0.1) is 0 Å². The quantitative estimate of drug-likeness (QED) is 0.0222. The van der Waals surface area contributed by atoms with Gasteiger partial charge in [0.2, 0.25) is 0 Å². The van der Waals surface area contributed by atoms with E-state index in [1.807, 2.05) is 0 Å². The SMILES string of the molecule is CCCCCCCCCCCCCCCCCCCCC(=O)O[C@H](COC(=O)CCCCCCCCCCCCCCC)COP(=O)(O)OC[C@@H](O)COP(=O)(O)OC[C@@H](COC(=O)CCCCCCCCC(C)C)OC(=O)CCCCCCCCCC(C)C. The van der Waals surface area contributed by atoms with Crippen molar-refractivity contribution in [1.29, 1.82) is 0 Å². The van der Waals surface area contributed by atoms with Crippen molar-refractivity contribution in [3.8, 4) is 0 Å². The van der Waals surface area contributed by atoms with E-state index in [0.29, 0.717) is 37.5 Å². The van der Waals surface area contributed by atoms with Gasteiger partial charge in [0.1, 0.15) is 19.3 Å². The predicted octanol–water partition coefficient (Wildman–Crippen LogP) is 20.4. The first-order valence-corrected chi connectivity index (χ1v) is 40.0. The van der Waals surface area contributed by atoms with Gasteiger partial charge in [-0.3, -0.25) is 37.3 Å². The minimum absolute atomic E-state index is 0.103. The molecule has 90 heavy (non-hydrogen) atoms. The van der Waals surface area contributed by atoms with Crippen LogP contribution in [0.4, 0.5) is 0 Å². The Labute approximate surface area is 549 Å². The lowest BCUT2D eigenvalue weighted by Crippen LogP contribution is -2.30. The van der Waals surface area contributed by atoms with Gasteiger partial charge in [0.15, 0.2) is 12.2 Å². The Hall–Kier alpha value is -1.94. The fourth-order valence-corrected chi connectivity index (χ4v) is 12.3. The van der Waals surface area contributed by atoms with Crippen LogP contribution in [0.15, 0.2) is 0 Å². The van der Waals surface area contributed by atoms with Crippen molar-refractivity contribution in [3.05, 3.63) is 0 Å². The minimum Gasteiger partial charge on any atom is -0.462 e. The molecule has 3 N–H and O–H groups in total. The average molecular weight is 1330 g/mol. The van der Waals surface area contributed by atoms with Crippen LogP contribution in [0.25, 0.3) is 0 Å². The molecular weight excluding hydrogens is 1190 g/mol. The maximum atomic E-state index is 13.0. The lowest BCUT2D eigenvalue weighted by Gasteiger charge is -2.21. The summed E-state index contributed by atoms with van der Waals surface area (Å²) in [7, 11) is -9.90. The van der Waals surface area contributed by atoms with E-state index in [1.165, 1.54) is 173 Å². The van der Waals surface area contributed by atoms with E-state index in [2.05, 4.69) is 41.5 Å². The number of ether oxygens (including phenoxy) is 4. The molecule has 534 valence electrons. The summed E-state index contributed by atoms with van der Waals surface area (Å²) in [6.45, 7) is 9.41. The zero-order valence-corrected chi connectivity index (χ0v) is 60.2. The number of aliphatic hydroxyl groups is 1. The highest BCUT2D eigenvalue weighted by atomic mass is 31.2. The van der Waals surface area contributed by atoms with Gasteiger partial charge in [-0.2, -0.15) is 0 Å². The fourth-order valence-electron chi connectivity index (χ4n) is 10.8. The number of unbranched alkanes of at least 4 members (excludes halogenated alkanes) is 40. The number of aliphatic hydroxyl groups excluding tert-OH is 1. The second-order valence-corrected chi connectivity index (χ2v) is 29.5. The number of carbonyl (C=O) groups is 4. The molecule has 0 saturated heterocycles. The zero-order valence-electron chi connectivity index (χ0n) is 58.4. The van der Waals surface area contributed by atoms with E-state index < -0.39 is 97.5 Å². The van der Waals surface area contributed by atoms with Crippen molar-refractivity contribution in [2.45, 2.75) is 381 Å². The highest BCUT2D eigenvalue weighted by Gasteiger charge is 2.30. The van der Waals surface area contributed by atoms with Crippen molar-refractivity contribution < 1.29 is 80.2 Å². The smallest absolute Gasteiger partial charge is 0.462 e. The summed E-state index contributed by atoms with van der Waals surface area (Å²) in [5, 5.41) is 10.6. The van der Waals surface area contributed by atoms with E-state index >= 15 is 0 Å². The van der Waals surface area contributed by atoms with Crippen LogP contribution in [0.1, 0.15) is 363 Å². The summed E-state index contributed by atoms with van der Waals surface area (Å²) in [5.41, 5.74) is 0. The van der Waals surface area contributed by atoms with Crippen LogP contribution in [0, 0.1) is 11.8 Å². The maximum absolute atomic E-state index is 13.0. The van der Waals surface area contributed by atoms with Gasteiger partial charge in [-0.25, -0.2) is 9.13 Å². The number of esters is 4. The molecule has 0 aromatic heterocycles. The third-order valence-electron chi connectivity index (χ3n) is 16.5. The Bertz CT molecular complexity index is 1750. The first kappa shape index (κ1) is 88.1. The molecule has 0 aliphatic rings. The Morgan fingerprint density at radius 1 is 0.300 bits per heavy atom. The molecular formula is C71H138O17P2. The third-order valence-corrected chi connectivity index (χ3v) is 18.4. The predicted molar refractivity (Wildman–Crippen MR) is 363 cm³/mol. The number of rotatable bonds is 70. The van der Waals surface area contributed by atoms with Gasteiger partial charge in [-0.05, 0) is 37.5 Å². The molecule has 0 aliphatic heterocycles. The Kier molecular flexibility index (Phi) is 61.8. The second kappa shape index (κ2) is 63.1. The summed E-state index contributed by atoms with van der Waals surface area (Å²) < 4.78 is 68.3. The average Bonchev–Trinajstić information content (AvgIpc) is 3.69. The number of hydrogen-bond donors (Lipinski definition) is 3. The molecule has 0 aliphatic carbocycles. The molecule has 0 fully saturated rings. The lowest BCUT2D eigenvalue weighted by molar-refractivity contribution is -0.161. The summed E-state index contributed by atoms with van der Waals surface area (Å²) in [4.78, 5) is 72.5. The molecule has 0 saturated carbocycles. The normalized spacial score (nSPS) is 14.1.